The number of carbonyl (C=O) groups excluding carboxylic acids is 1. The number of morpholine rings is 1. The minimum atomic E-state index is -0.194. The van der Waals surface area contributed by atoms with Gasteiger partial charge in [-0.05, 0) is 6.92 Å². The first-order chi connectivity index (χ1) is 8.18. The van der Waals surface area contributed by atoms with Crippen molar-refractivity contribution in [2.24, 2.45) is 0 Å². The van der Waals surface area contributed by atoms with E-state index in [2.05, 4.69) is 16.5 Å². The number of hydrogen-bond acceptors (Lipinski definition) is 4. The van der Waals surface area contributed by atoms with Gasteiger partial charge < -0.3 is 9.64 Å². The number of amides is 1. The Balaban J connectivity index is 2.08. The first-order valence-electron chi connectivity index (χ1n) is 5.51. The van der Waals surface area contributed by atoms with Crippen LogP contribution in [0.15, 0.2) is 30.7 Å². The molecule has 1 atom stereocenters. The summed E-state index contributed by atoms with van der Waals surface area (Å²) in [5.74, 6) is -0.0257. The van der Waals surface area contributed by atoms with Crippen LogP contribution >= 0.6 is 0 Å². The van der Waals surface area contributed by atoms with E-state index < -0.39 is 0 Å². The summed E-state index contributed by atoms with van der Waals surface area (Å²) >= 11 is 0. The summed E-state index contributed by atoms with van der Waals surface area (Å²) in [5.41, 5.74) is 1.30. The molecule has 0 aliphatic carbocycles. The first-order valence-corrected chi connectivity index (χ1v) is 5.51. The Morgan fingerprint density at radius 2 is 2.41 bits per heavy atom. The molecule has 1 aromatic rings. The number of rotatable bonds is 2. The molecule has 0 spiro atoms. The summed E-state index contributed by atoms with van der Waals surface area (Å²) in [6, 6.07) is 0. The zero-order valence-electron chi connectivity index (χ0n) is 9.80. The third-order valence-corrected chi connectivity index (χ3v) is 2.63. The van der Waals surface area contributed by atoms with Gasteiger partial charge in [-0.3, -0.25) is 14.8 Å². The summed E-state index contributed by atoms with van der Waals surface area (Å²) in [5, 5.41) is 0. The lowest BCUT2D eigenvalue weighted by Crippen LogP contribution is -2.42. The summed E-state index contributed by atoms with van der Waals surface area (Å²) in [7, 11) is 0. The zero-order chi connectivity index (χ0) is 12.3. The van der Waals surface area contributed by atoms with E-state index in [1.54, 1.807) is 30.4 Å². The fraction of sp³-hybridized carbons (Fsp3) is 0.417. The second kappa shape index (κ2) is 5.05. The highest BCUT2D eigenvalue weighted by atomic mass is 16.5. The standard InChI is InChI=1S/C12H15N3O2/c1-9(2)12(16)15-5-6-17-11(8-15)10-7-13-3-4-14-10/h3-4,7,11H,1,5-6,8H2,2H3. The normalized spacial score (nSPS) is 20.1. The third kappa shape index (κ3) is 2.68. The number of carbonyl (C=O) groups is 1. The molecule has 1 aliphatic heterocycles. The zero-order valence-corrected chi connectivity index (χ0v) is 9.80. The maximum atomic E-state index is 11.8. The Bertz CT molecular complexity index is 419. The molecular formula is C12H15N3O2. The second-order valence-electron chi connectivity index (χ2n) is 4.02. The van der Waals surface area contributed by atoms with Crippen molar-refractivity contribution in [2.75, 3.05) is 19.7 Å². The molecule has 1 aromatic heterocycles. The minimum absolute atomic E-state index is 0.0257. The molecule has 90 valence electrons. The van der Waals surface area contributed by atoms with Crippen molar-refractivity contribution in [2.45, 2.75) is 13.0 Å². The third-order valence-electron chi connectivity index (χ3n) is 2.63. The Morgan fingerprint density at radius 3 is 3.06 bits per heavy atom. The van der Waals surface area contributed by atoms with Crippen LogP contribution in [-0.2, 0) is 9.53 Å². The van der Waals surface area contributed by atoms with Gasteiger partial charge >= 0.3 is 0 Å². The predicted octanol–water partition coefficient (Wildman–Crippen LogP) is 0.953. The van der Waals surface area contributed by atoms with Crippen LogP contribution in [0.1, 0.15) is 18.7 Å². The molecular weight excluding hydrogens is 218 g/mol. The molecule has 1 fully saturated rings. The van der Waals surface area contributed by atoms with Crippen LogP contribution < -0.4 is 0 Å². The number of ether oxygens (including phenoxy) is 1. The highest BCUT2D eigenvalue weighted by molar-refractivity contribution is 5.92. The van der Waals surface area contributed by atoms with E-state index in [4.69, 9.17) is 4.74 Å². The van der Waals surface area contributed by atoms with E-state index in [1.165, 1.54) is 0 Å². The quantitative estimate of drug-likeness (QED) is 0.714. The van der Waals surface area contributed by atoms with Crippen molar-refractivity contribution < 1.29 is 9.53 Å². The second-order valence-corrected chi connectivity index (χ2v) is 4.02. The Morgan fingerprint density at radius 1 is 1.59 bits per heavy atom. The van der Waals surface area contributed by atoms with E-state index in [0.29, 0.717) is 25.3 Å². The van der Waals surface area contributed by atoms with Gasteiger partial charge in [0, 0.05) is 24.5 Å². The van der Waals surface area contributed by atoms with Gasteiger partial charge in [0.2, 0.25) is 5.91 Å². The number of hydrogen-bond donors (Lipinski definition) is 0. The molecule has 0 N–H and O–H groups in total. The summed E-state index contributed by atoms with van der Waals surface area (Å²) in [6.07, 6.45) is 4.71. The van der Waals surface area contributed by atoms with Crippen molar-refractivity contribution in [3.63, 3.8) is 0 Å². The van der Waals surface area contributed by atoms with Crippen LogP contribution in [0.2, 0.25) is 0 Å². The maximum absolute atomic E-state index is 11.8. The van der Waals surface area contributed by atoms with Crippen LogP contribution in [0.4, 0.5) is 0 Å². The number of nitrogens with zero attached hydrogens (tertiary/aromatic N) is 3. The first kappa shape index (κ1) is 11.7. The molecule has 1 unspecified atom stereocenters. The van der Waals surface area contributed by atoms with Crippen LogP contribution in [0.25, 0.3) is 0 Å². The lowest BCUT2D eigenvalue weighted by molar-refractivity contribution is -0.134. The molecule has 0 saturated carbocycles. The van der Waals surface area contributed by atoms with E-state index >= 15 is 0 Å². The largest absolute Gasteiger partial charge is 0.368 e. The van der Waals surface area contributed by atoms with E-state index in [9.17, 15) is 4.79 Å². The van der Waals surface area contributed by atoms with E-state index in [0.717, 1.165) is 5.69 Å². The number of aromatic nitrogens is 2. The SMILES string of the molecule is C=C(C)C(=O)N1CCOC(c2cnccn2)C1. The molecule has 5 heteroatoms. The molecule has 1 saturated heterocycles. The average molecular weight is 233 g/mol. The van der Waals surface area contributed by atoms with Crippen LogP contribution in [0.3, 0.4) is 0 Å². The fourth-order valence-corrected chi connectivity index (χ4v) is 1.76. The molecule has 0 bridgehead atoms. The predicted molar refractivity (Wildman–Crippen MR) is 62.1 cm³/mol. The van der Waals surface area contributed by atoms with Crippen molar-refractivity contribution in [1.82, 2.24) is 14.9 Å². The summed E-state index contributed by atoms with van der Waals surface area (Å²) in [4.78, 5) is 21.7. The van der Waals surface area contributed by atoms with Gasteiger partial charge in [0.15, 0.2) is 0 Å². The molecule has 0 radical (unpaired) electrons. The van der Waals surface area contributed by atoms with E-state index in [-0.39, 0.29) is 12.0 Å². The van der Waals surface area contributed by atoms with Gasteiger partial charge in [-0.15, -0.1) is 0 Å². The maximum Gasteiger partial charge on any atom is 0.249 e. The van der Waals surface area contributed by atoms with Crippen LogP contribution in [0.5, 0.6) is 0 Å². The van der Waals surface area contributed by atoms with Crippen molar-refractivity contribution in [3.05, 3.63) is 36.4 Å². The van der Waals surface area contributed by atoms with Gasteiger partial charge in [-0.1, -0.05) is 6.58 Å². The molecule has 5 nitrogen and oxygen atoms in total. The van der Waals surface area contributed by atoms with Crippen molar-refractivity contribution >= 4 is 5.91 Å². The highest BCUT2D eigenvalue weighted by Crippen LogP contribution is 2.20. The van der Waals surface area contributed by atoms with Gasteiger partial charge in [-0.25, -0.2) is 0 Å². The molecule has 17 heavy (non-hydrogen) atoms. The van der Waals surface area contributed by atoms with Gasteiger partial charge in [0.25, 0.3) is 0 Å². The van der Waals surface area contributed by atoms with Crippen molar-refractivity contribution in [1.29, 1.82) is 0 Å². The fourth-order valence-electron chi connectivity index (χ4n) is 1.76. The Labute approximate surface area is 100 Å². The Kier molecular flexibility index (Phi) is 3.49. The topological polar surface area (TPSA) is 55.3 Å². The highest BCUT2D eigenvalue weighted by Gasteiger charge is 2.26. The van der Waals surface area contributed by atoms with Crippen molar-refractivity contribution in [3.8, 4) is 0 Å². The van der Waals surface area contributed by atoms with E-state index in [1.807, 2.05) is 0 Å². The van der Waals surface area contributed by atoms with Crippen LogP contribution in [0, 0.1) is 0 Å². The van der Waals surface area contributed by atoms with Crippen LogP contribution in [-0.4, -0.2) is 40.5 Å². The monoisotopic (exact) mass is 233 g/mol. The lowest BCUT2D eigenvalue weighted by atomic mass is 10.2. The summed E-state index contributed by atoms with van der Waals surface area (Å²) in [6.45, 7) is 7.00. The molecule has 2 rings (SSSR count). The molecule has 0 aromatic carbocycles. The Hall–Kier alpha value is -1.75. The summed E-state index contributed by atoms with van der Waals surface area (Å²) < 4.78 is 5.60. The van der Waals surface area contributed by atoms with Gasteiger partial charge in [0.05, 0.1) is 25.0 Å². The molecule has 2 heterocycles. The average Bonchev–Trinajstić information content (AvgIpc) is 2.39. The molecule has 1 aliphatic rings. The van der Waals surface area contributed by atoms with Gasteiger partial charge in [-0.2, -0.15) is 0 Å². The van der Waals surface area contributed by atoms with Gasteiger partial charge in [0.1, 0.15) is 6.10 Å². The minimum Gasteiger partial charge on any atom is -0.368 e. The smallest absolute Gasteiger partial charge is 0.249 e. The lowest BCUT2D eigenvalue weighted by Gasteiger charge is -2.32. The molecule has 1 amide bonds.